The van der Waals surface area contributed by atoms with Crippen LogP contribution in [0.4, 0.5) is 13.2 Å². The first-order valence-corrected chi connectivity index (χ1v) is 6.63. The molecule has 1 saturated carbocycles. The summed E-state index contributed by atoms with van der Waals surface area (Å²) in [7, 11) is 0. The highest BCUT2D eigenvalue weighted by molar-refractivity contribution is 9.10. The summed E-state index contributed by atoms with van der Waals surface area (Å²) >= 11 is 2.89. The Morgan fingerprint density at radius 1 is 1.22 bits per heavy atom. The number of aromatic amines is 1. The average Bonchev–Trinajstić information content (AvgIpc) is 2.67. The van der Waals surface area contributed by atoms with E-state index >= 15 is 0 Å². The van der Waals surface area contributed by atoms with Crippen molar-refractivity contribution in [2.24, 2.45) is 0 Å². The van der Waals surface area contributed by atoms with Crippen LogP contribution in [0.2, 0.25) is 0 Å². The standard InChI is InChI=1S/C12H12BrF3N2/c13-9-8(6-17)10(7-4-2-1-3-5-7)18-11(9)12(14,15)16/h7,18H,1-5H2. The lowest BCUT2D eigenvalue weighted by Crippen LogP contribution is -2.09. The molecule has 1 aliphatic rings. The van der Waals surface area contributed by atoms with E-state index in [1.165, 1.54) is 0 Å². The minimum atomic E-state index is -4.46. The first-order valence-electron chi connectivity index (χ1n) is 5.83. The maximum atomic E-state index is 12.8. The first-order chi connectivity index (χ1) is 8.45. The van der Waals surface area contributed by atoms with Crippen molar-refractivity contribution in [1.82, 2.24) is 4.98 Å². The highest BCUT2D eigenvalue weighted by Crippen LogP contribution is 2.42. The van der Waals surface area contributed by atoms with E-state index < -0.39 is 11.9 Å². The number of aromatic nitrogens is 1. The van der Waals surface area contributed by atoms with Crippen LogP contribution < -0.4 is 0 Å². The van der Waals surface area contributed by atoms with Crippen molar-refractivity contribution in [3.63, 3.8) is 0 Å². The van der Waals surface area contributed by atoms with Crippen LogP contribution in [0.5, 0.6) is 0 Å². The van der Waals surface area contributed by atoms with Gasteiger partial charge in [0.05, 0.1) is 10.0 Å². The van der Waals surface area contributed by atoms with Crippen molar-refractivity contribution in [2.45, 2.75) is 44.2 Å². The second kappa shape index (κ2) is 4.96. The molecule has 1 aromatic heterocycles. The number of nitrogens with one attached hydrogen (secondary N) is 1. The second-order valence-electron chi connectivity index (χ2n) is 4.55. The third kappa shape index (κ3) is 2.41. The summed E-state index contributed by atoms with van der Waals surface area (Å²) in [5.74, 6) is 0.0424. The molecule has 0 atom stereocenters. The molecule has 2 rings (SSSR count). The number of H-pyrrole nitrogens is 1. The predicted octanol–water partition coefficient (Wildman–Crippen LogP) is 4.72. The minimum Gasteiger partial charge on any atom is -0.353 e. The molecular weight excluding hydrogens is 309 g/mol. The highest BCUT2D eigenvalue weighted by Gasteiger charge is 2.38. The van der Waals surface area contributed by atoms with E-state index in [1.807, 2.05) is 6.07 Å². The Morgan fingerprint density at radius 3 is 2.33 bits per heavy atom. The summed E-state index contributed by atoms with van der Waals surface area (Å²) in [6.07, 6.45) is 0.364. The molecule has 2 nitrogen and oxygen atoms in total. The first kappa shape index (κ1) is 13.5. The van der Waals surface area contributed by atoms with Crippen LogP contribution in [0.1, 0.15) is 55.0 Å². The third-order valence-electron chi connectivity index (χ3n) is 3.38. The number of nitriles is 1. The third-order valence-corrected chi connectivity index (χ3v) is 4.17. The van der Waals surface area contributed by atoms with Crippen LogP contribution in [0.3, 0.4) is 0 Å². The van der Waals surface area contributed by atoms with Gasteiger partial charge in [0, 0.05) is 11.6 Å². The van der Waals surface area contributed by atoms with Gasteiger partial charge in [-0.05, 0) is 28.8 Å². The maximum absolute atomic E-state index is 12.8. The zero-order chi connectivity index (χ0) is 13.3. The van der Waals surface area contributed by atoms with E-state index in [1.54, 1.807) is 0 Å². The fraction of sp³-hybridized carbons (Fsp3) is 0.583. The van der Waals surface area contributed by atoms with Gasteiger partial charge in [-0.2, -0.15) is 18.4 Å². The van der Waals surface area contributed by atoms with Crippen LogP contribution >= 0.6 is 15.9 Å². The molecular formula is C12H12BrF3N2. The zero-order valence-corrected chi connectivity index (χ0v) is 11.2. The molecule has 0 spiro atoms. The Balaban J connectivity index is 2.44. The lowest BCUT2D eigenvalue weighted by Gasteiger charge is -2.20. The lowest BCUT2D eigenvalue weighted by molar-refractivity contribution is -0.141. The summed E-state index contributed by atoms with van der Waals surface area (Å²) in [6.45, 7) is 0. The van der Waals surface area contributed by atoms with Gasteiger partial charge in [-0.3, -0.25) is 0 Å². The second-order valence-corrected chi connectivity index (χ2v) is 5.34. The summed E-state index contributed by atoms with van der Waals surface area (Å²) in [6, 6.07) is 1.88. The van der Waals surface area contributed by atoms with E-state index in [9.17, 15) is 13.2 Å². The Morgan fingerprint density at radius 2 is 1.83 bits per heavy atom. The zero-order valence-electron chi connectivity index (χ0n) is 9.57. The predicted molar refractivity (Wildman–Crippen MR) is 64.0 cm³/mol. The molecule has 0 radical (unpaired) electrons. The fourth-order valence-electron chi connectivity index (χ4n) is 2.50. The molecule has 0 bridgehead atoms. The normalized spacial score (nSPS) is 17.7. The van der Waals surface area contributed by atoms with Gasteiger partial charge in [0.1, 0.15) is 11.8 Å². The van der Waals surface area contributed by atoms with Gasteiger partial charge < -0.3 is 4.98 Å². The van der Waals surface area contributed by atoms with Gasteiger partial charge in [-0.1, -0.05) is 19.3 Å². The number of halogens is 4. The molecule has 6 heteroatoms. The molecule has 18 heavy (non-hydrogen) atoms. The molecule has 0 saturated heterocycles. The largest absolute Gasteiger partial charge is 0.432 e. The number of hydrogen-bond acceptors (Lipinski definition) is 1. The highest BCUT2D eigenvalue weighted by atomic mass is 79.9. The van der Waals surface area contributed by atoms with E-state index in [0.717, 1.165) is 32.1 Å². The molecule has 0 unspecified atom stereocenters. The van der Waals surface area contributed by atoms with Gasteiger partial charge in [0.15, 0.2) is 0 Å². The van der Waals surface area contributed by atoms with Crippen LogP contribution in [-0.2, 0) is 6.18 Å². The van der Waals surface area contributed by atoms with E-state index in [4.69, 9.17) is 5.26 Å². The van der Waals surface area contributed by atoms with Crippen molar-refractivity contribution >= 4 is 15.9 Å². The number of rotatable bonds is 1. The van der Waals surface area contributed by atoms with E-state index in [0.29, 0.717) is 5.69 Å². The maximum Gasteiger partial charge on any atom is 0.432 e. The topological polar surface area (TPSA) is 39.6 Å². The summed E-state index contributed by atoms with van der Waals surface area (Å²) < 4.78 is 38.2. The van der Waals surface area contributed by atoms with Gasteiger partial charge in [0.2, 0.25) is 0 Å². The Hall–Kier alpha value is -0.960. The SMILES string of the molecule is N#Cc1c(C2CCCCC2)[nH]c(C(F)(F)F)c1Br. The van der Waals surface area contributed by atoms with Crippen molar-refractivity contribution in [1.29, 1.82) is 5.26 Å². The average molecular weight is 321 g/mol. The van der Waals surface area contributed by atoms with Crippen LogP contribution in [0, 0.1) is 11.3 Å². The molecule has 1 fully saturated rings. The number of nitrogens with zero attached hydrogens (tertiary/aromatic N) is 1. The molecule has 1 N–H and O–H groups in total. The molecule has 98 valence electrons. The Labute approximate surface area is 111 Å². The van der Waals surface area contributed by atoms with Crippen molar-refractivity contribution in [3.8, 4) is 6.07 Å². The van der Waals surface area contributed by atoms with Crippen molar-refractivity contribution in [3.05, 3.63) is 21.4 Å². The summed E-state index contributed by atoms with van der Waals surface area (Å²) in [5, 5.41) is 9.04. The molecule has 0 amide bonds. The van der Waals surface area contributed by atoms with Gasteiger partial charge >= 0.3 is 6.18 Å². The van der Waals surface area contributed by atoms with Crippen molar-refractivity contribution in [2.75, 3.05) is 0 Å². The smallest absolute Gasteiger partial charge is 0.353 e. The molecule has 1 heterocycles. The summed E-state index contributed by atoms with van der Waals surface area (Å²) in [5.41, 5.74) is -0.301. The van der Waals surface area contributed by atoms with Gasteiger partial charge in [0.25, 0.3) is 0 Å². The van der Waals surface area contributed by atoms with Crippen LogP contribution in [0.15, 0.2) is 4.47 Å². The van der Waals surface area contributed by atoms with E-state index in [2.05, 4.69) is 20.9 Å². The molecule has 1 aromatic rings. The molecule has 1 aliphatic carbocycles. The van der Waals surface area contributed by atoms with E-state index in [-0.39, 0.29) is 16.0 Å². The number of alkyl halides is 3. The van der Waals surface area contributed by atoms with Gasteiger partial charge in [-0.15, -0.1) is 0 Å². The Kier molecular flexibility index (Phi) is 3.71. The van der Waals surface area contributed by atoms with Gasteiger partial charge in [-0.25, -0.2) is 0 Å². The summed E-state index contributed by atoms with van der Waals surface area (Å²) in [4.78, 5) is 2.42. The van der Waals surface area contributed by atoms with Crippen LogP contribution in [0.25, 0.3) is 0 Å². The fourth-order valence-corrected chi connectivity index (χ4v) is 3.12. The Bertz CT molecular complexity index is 479. The molecule has 0 aromatic carbocycles. The number of hydrogen-bond donors (Lipinski definition) is 1. The quantitative estimate of drug-likeness (QED) is 0.799. The van der Waals surface area contributed by atoms with Crippen LogP contribution in [-0.4, -0.2) is 4.98 Å². The lowest BCUT2D eigenvalue weighted by atomic mass is 9.86. The minimum absolute atomic E-state index is 0.0424. The molecule has 0 aliphatic heterocycles. The monoisotopic (exact) mass is 320 g/mol. The van der Waals surface area contributed by atoms with Crippen molar-refractivity contribution < 1.29 is 13.2 Å².